The number of benzene rings is 1. The Morgan fingerprint density at radius 3 is 2.06 bits per heavy atom. The summed E-state index contributed by atoms with van der Waals surface area (Å²) in [5, 5.41) is 11.6. The van der Waals surface area contributed by atoms with Gasteiger partial charge in [-0.1, -0.05) is 0 Å². The van der Waals surface area contributed by atoms with Crippen molar-refractivity contribution in [2.24, 2.45) is 5.41 Å². The van der Waals surface area contributed by atoms with E-state index in [4.69, 9.17) is 5.11 Å². The molecule has 0 saturated carbocycles. The average molecular weight is 379 g/mol. The van der Waals surface area contributed by atoms with E-state index in [0.717, 1.165) is 5.56 Å². The van der Waals surface area contributed by atoms with Crippen LogP contribution >= 0.6 is 31.9 Å². The molecule has 0 fully saturated rings. The second kappa shape index (κ2) is 5.40. The number of halogens is 2. The molecule has 0 atom stereocenters. The molecule has 6 heteroatoms. The van der Waals surface area contributed by atoms with Crippen LogP contribution in [0, 0.1) is 12.3 Å². The lowest BCUT2D eigenvalue weighted by Crippen LogP contribution is -2.38. The number of rotatable bonds is 3. The van der Waals surface area contributed by atoms with E-state index in [1.807, 2.05) is 19.1 Å². The summed E-state index contributed by atoms with van der Waals surface area (Å²) in [5.41, 5.74) is 0.0632. The minimum atomic E-state index is -1.48. The van der Waals surface area contributed by atoms with E-state index < -0.39 is 17.3 Å². The first-order valence-electron chi connectivity index (χ1n) is 5.16. The molecule has 0 heterocycles. The first kappa shape index (κ1) is 15.2. The number of anilines is 1. The van der Waals surface area contributed by atoms with Gasteiger partial charge in [0.15, 0.2) is 0 Å². The summed E-state index contributed by atoms with van der Waals surface area (Å²) in [5.74, 6) is -1.74. The maximum atomic E-state index is 11.9. The van der Waals surface area contributed by atoms with Crippen LogP contribution in [0.3, 0.4) is 0 Å². The Morgan fingerprint density at radius 2 is 1.67 bits per heavy atom. The zero-order valence-corrected chi connectivity index (χ0v) is 13.3. The van der Waals surface area contributed by atoms with Gasteiger partial charge in [0.25, 0.3) is 0 Å². The van der Waals surface area contributed by atoms with Gasteiger partial charge in [0.05, 0.1) is 5.69 Å². The Labute approximate surface area is 122 Å². The number of carboxylic acid groups (broad SMARTS) is 1. The van der Waals surface area contributed by atoms with Crippen molar-refractivity contribution in [3.8, 4) is 0 Å². The Kier molecular flexibility index (Phi) is 4.55. The largest absolute Gasteiger partial charge is 0.480 e. The third-order valence-electron chi connectivity index (χ3n) is 2.53. The smallest absolute Gasteiger partial charge is 0.318 e. The van der Waals surface area contributed by atoms with Crippen LogP contribution in [0.25, 0.3) is 0 Å². The molecule has 4 nitrogen and oxygen atoms in total. The van der Waals surface area contributed by atoms with Crippen molar-refractivity contribution < 1.29 is 14.7 Å². The number of carboxylic acids is 1. The van der Waals surface area contributed by atoms with E-state index >= 15 is 0 Å². The van der Waals surface area contributed by atoms with Crippen molar-refractivity contribution in [2.75, 3.05) is 5.32 Å². The minimum Gasteiger partial charge on any atom is -0.480 e. The summed E-state index contributed by atoms with van der Waals surface area (Å²) in [6, 6.07) is 3.68. The summed E-state index contributed by atoms with van der Waals surface area (Å²) in [4.78, 5) is 22.9. The van der Waals surface area contributed by atoms with E-state index in [2.05, 4.69) is 37.2 Å². The fraction of sp³-hybridized carbons (Fsp3) is 0.333. The van der Waals surface area contributed by atoms with E-state index in [1.54, 1.807) is 0 Å². The molecule has 0 unspecified atom stereocenters. The van der Waals surface area contributed by atoms with Crippen LogP contribution in [0.1, 0.15) is 19.4 Å². The van der Waals surface area contributed by atoms with E-state index in [-0.39, 0.29) is 0 Å². The topological polar surface area (TPSA) is 66.4 Å². The number of amides is 1. The molecule has 1 aromatic rings. The molecule has 0 bridgehead atoms. The first-order chi connectivity index (χ1) is 8.16. The van der Waals surface area contributed by atoms with E-state index in [0.29, 0.717) is 14.6 Å². The molecule has 1 rings (SSSR count). The molecule has 1 amide bonds. The summed E-state index contributed by atoms with van der Waals surface area (Å²) >= 11 is 6.68. The molecule has 0 aromatic heterocycles. The van der Waals surface area contributed by atoms with E-state index in [9.17, 15) is 9.59 Å². The van der Waals surface area contributed by atoms with Crippen LogP contribution in [0.4, 0.5) is 5.69 Å². The van der Waals surface area contributed by atoms with Crippen LogP contribution < -0.4 is 5.32 Å². The fourth-order valence-corrected chi connectivity index (χ4v) is 2.80. The van der Waals surface area contributed by atoms with Crippen LogP contribution in [-0.4, -0.2) is 17.0 Å². The Hall–Kier alpha value is -0.880. The van der Waals surface area contributed by atoms with Crippen molar-refractivity contribution in [1.29, 1.82) is 0 Å². The highest BCUT2D eigenvalue weighted by molar-refractivity contribution is 9.11. The highest BCUT2D eigenvalue weighted by Gasteiger charge is 2.36. The highest BCUT2D eigenvalue weighted by Crippen LogP contribution is 2.33. The van der Waals surface area contributed by atoms with Gasteiger partial charge < -0.3 is 10.4 Å². The standard InChI is InChI=1S/C12H13Br2NO3/c1-6-4-7(13)9(8(14)5-6)15-10(16)12(2,3)11(17)18/h4-5H,1-3H3,(H,15,16)(H,17,18). The zero-order chi connectivity index (χ0) is 14.1. The molecule has 18 heavy (non-hydrogen) atoms. The molecule has 0 aliphatic rings. The lowest BCUT2D eigenvalue weighted by Gasteiger charge is -2.19. The molecule has 0 aliphatic heterocycles. The van der Waals surface area contributed by atoms with Crippen LogP contribution in [-0.2, 0) is 9.59 Å². The molecule has 2 N–H and O–H groups in total. The van der Waals surface area contributed by atoms with Crippen molar-refractivity contribution in [3.05, 3.63) is 26.6 Å². The summed E-state index contributed by atoms with van der Waals surface area (Å²) in [6.45, 7) is 4.64. The zero-order valence-electron chi connectivity index (χ0n) is 10.2. The summed E-state index contributed by atoms with van der Waals surface area (Å²) in [7, 11) is 0. The Balaban J connectivity index is 3.07. The van der Waals surface area contributed by atoms with Crippen molar-refractivity contribution in [2.45, 2.75) is 20.8 Å². The van der Waals surface area contributed by atoms with Crippen molar-refractivity contribution >= 4 is 49.4 Å². The van der Waals surface area contributed by atoms with Gasteiger partial charge >= 0.3 is 5.97 Å². The number of aryl methyl sites for hydroxylation is 1. The monoisotopic (exact) mass is 377 g/mol. The molecule has 0 saturated heterocycles. The average Bonchev–Trinajstić information content (AvgIpc) is 2.22. The predicted octanol–water partition coefficient (Wildman–Crippen LogP) is 3.57. The van der Waals surface area contributed by atoms with Crippen LogP contribution in [0.5, 0.6) is 0 Å². The Morgan fingerprint density at radius 1 is 1.22 bits per heavy atom. The number of hydrogen-bond donors (Lipinski definition) is 2. The molecule has 0 spiro atoms. The quantitative estimate of drug-likeness (QED) is 0.790. The number of aliphatic carboxylic acids is 1. The Bertz CT molecular complexity index is 489. The van der Waals surface area contributed by atoms with Gasteiger partial charge in [0, 0.05) is 8.95 Å². The number of carbonyl (C=O) groups excluding carboxylic acids is 1. The number of nitrogens with one attached hydrogen (secondary N) is 1. The minimum absolute atomic E-state index is 0.528. The first-order valence-corrected chi connectivity index (χ1v) is 6.75. The maximum absolute atomic E-state index is 11.9. The molecular weight excluding hydrogens is 366 g/mol. The highest BCUT2D eigenvalue weighted by atomic mass is 79.9. The van der Waals surface area contributed by atoms with E-state index in [1.165, 1.54) is 13.8 Å². The maximum Gasteiger partial charge on any atom is 0.318 e. The molecule has 0 radical (unpaired) electrons. The van der Waals surface area contributed by atoms with Gasteiger partial charge in [-0.15, -0.1) is 0 Å². The van der Waals surface area contributed by atoms with Crippen molar-refractivity contribution in [1.82, 2.24) is 0 Å². The van der Waals surface area contributed by atoms with Gasteiger partial charge in [-0.25, -0.2) is 0 Å². The summed E-state index contributed by atoms with van der Waals surface area (Å²) < 4.78 is 1.40. The van der Waals surface area contributed by atoms with Crippen molar-refractivity contribution in [3.63, 3.8) is 0 Å². The van der Waals surface area contributed by atoms with Crippen LogP contribution in [0.15, 0.2) is 21.1 Å². The fourth-order valence-electron chi connectivity index (χ4n) is 1.19. The molecule has 1 aromatic carbocycles. The van der Waals surface area contributed by atoms with Gasteiger partial charge in [-0.05, 0) is 70.3 Å². The van der Waals surface area contributed by atoms with Gasteiger partial charge in [-0.2, -0.15) is 0 Å². The number of carbonyl (C=O) groups is 2. The normalized spacial score (nSPS) is 11.2. The predicted molar refractivity (Wildman–Crippen MR) is 76.6 cm³/mol. The number of hydrogen-bond acceptors (Lipinski definition) is 2. The lowest BCUT2D eigenvalue weighted by molar-refractivity contribution is -0.151. The van der Waals surface area contributed by atoms with Crippen LogP contribution in [0.2, 0.25) is 0 Å². The lowest BCUT2D eigenvalue weighted by atomic mass is 9.92. The molecular formula is C12H13Br2NO3. The second-order valence-electron chi connectivity index (χ2n) is 4.49. The SMILES string of the molecule is Cc1cc(Br)c(NC(=O)C(C)(C)C(=O)O)c(Br)c1. The third-order valence-corrected chi connectivity index (χ3v) is 3.78. The van der Waals surface area contributed by atoms with Gasteiger partial charge in [0.2, 0.25) is 5.91 Å². The third kappa shape index (κ3) is 3.11. The van der Waals surface area contributed by atoms with Gasteiger partial charge in [0.1, 0.15) is 5.41 Å². The van der Waals surface area contributed by atoms with Gasteiger partial charge in [-0.3, -0.25) is 9.59 Å². The summed E-state index contributed by atoms with van der Waals surface area (Å²) in [6.07, 6.45) is 0. The second-order valence-corrected chi connectivity index (χ2v) is 6.20. The molecule has 0 aliphatic carbocycles. The molecule has 98 valence electrons.